The van der Waals surface area contributed by atoms with Crippen molar-refractivity contribution in [3.63, 3.8) is 0 Å². The summed E-state index contributed by atoms with van der Waals surface area (Å²) in [5.41, 5.74) is 0.358. The van der Waals surface area contributed by atoms with Gasteiger partial charge in [-0.05, 0) is 31.9 Å². The number of carboxylic acids is 1. The molecule has 1 amide bonds. The zero-order chi connectivity index (χ0) is 17.3. The largest absolute Gasteiger partial charge is 0.481 e. The van der Waals surface area contributed by atoms with E-state index in [0.717, 1.165) is 11.3 Å². The first-order valence-electron chi connectivity index (χ1n) is 7.72. The number of carbonyl (C=O) groups excluding carboxylic acids is 1. The maximum absolute atomic E-state index is 13.8. The summed E-state index contributed by atoms with van der Waals surface area (Å²) in [6.07, 6.45) is 2.66. The smallest absolute Gasteiger partial charge is 0.308 e. The molecule has 24 heavy (non-hydrogen) atoms. The first-order chi connectivity index (χ1) is 11.5. The molecule has 1 aliphatic rings. The van der Waals surface area contributed by atoms with Gasteiger partial charge in [0.1, 0.15) is 15.7 Å². The topological polar surface area (TPSA) is 70.5 Å². The average molecular weight is 348 g/mol. The molecule has 2 heterocycles. The molecule has 0 saturated carbocycles. The summed E-state index contributed by atoms with van der Waals surface area (Å²) in [5.74, 6) is -2.04. The molecule has 2 unspecified atom stereocenters. The van der Waals surface area contributed by atoms with Crippen LogP contribution in [0.5, 0.6) is 0 Å². The summed E-state index contributed by atoms with van der Waals surface area (Å²) in [7, 11) is 0. The quantitative estimate of drug-likeness (QED) is 0.924. The summed E-state index contributed by atoms with van der Waals surface area (Å²) in [6, 6.07) is 6.26. The number of likely N-dealkylation sites (tertiary alicyclic amines) is 1. The van der Waals surface area contributed by atoms with Crippen molar-refractivity contribution >= 4 is 23.2 Å². The van der Waals surface area contributed by atoms with E-state index in [4.69, 9.17) is 0 Å². The van der Waals surface area contributed by atoms with Crippen LogP contribution >= 0.6 is 11.3 Å². The molecular weight excluding hydrogens is 331 g/mol. The number of benzene rings is 1. The lowest BCUT2D eigenvalue weighted by atomic mass is 9.93. The lowest BCUT2D eigenvalue weighted by Crippen LogP contribution is -2.47. The second kappa shape index (κ2) is 6.68. The molecule has 7 heteroatoms. The summed E-state index contributed by atoms with van der Waals surface area (Å²) in [4.78, 5) is 30.1. The molecule has 126 valence electrons. The van der Waals surface area contributed by atoms with Crippen molar-refractivity contribution in [2.45, 2.75) is 25.8 Å². The van der Waals surface area contributed by atoms with Crippen LogP contribution in [0.25, 0.3) is 10.6 Å². The van der Waals surface area contributed by atoms with Crippen LogP contribution in [0.2, 0.25) is 0 Å². The molecule has 2 aromatic rings. The van der Waals surface area contributed by atoms with Crippen molar-refractivity contribution in [1.29, 1.82) is 0 Å². The third-order valence-corrected chi connectivity index (χ3v) is 5.33. The number of amides is 1. The van der Waals surface area contributed by atoms with Crippen LogP contribution in [0.4, 0.5) is 4.39 Å². The monoisotopic (exact) mass is 348 g/mol. The molecule has 1 aliphatic heterocycles. The third-order valence-electron chi connectivity index (χ3n) is 4.31. The second-order valence-corrected chi connectivity index (χ2v) is 6.96. The molecule has 5 nitrogen and oxygen atoms in total. The van der Waals surface area contributed by atoms with E-state index in [1.165, 1.54) is 12.3 Å². The van der Waals surface area contributed by atoms with Crippen LogP contribution in [0.15, 0.2) is 30.5 Å². The molecule has 3 rings (SSSR count). The van der Waals surface area contributed by atoms with Gasteiger partial charge in [0.2, 0.25) is 0 Å². The van der Waals surface area contributed by atoms with Gasteiger partial charge in [-0.25, -0.2) is 9.37 Å². The second-order valence-electron chi connectivity index (χ2n) is 5.93. The van der Waals surface area contributed by atoms with E-state index in [2.05, 4.69) is 4.98 Å². The molecular formula is C17H17FN2O3S. The Hall–Kier alpha value is -2.28. The summed E-state index contributed by atoms with van der Waals surface area (Å²) in [5, 5.41) is 9.63. The molecule has 0 bridgehead atoms. The maximum atomic E-state index is 13.8. The van der Waals surface area contributed by atoms with Gasteiger partial charge in [0.05, 0.1) is 12.1 Å². The number of hydrogen-bond acceptors (Lipinski definition) is 4. The molecule has 0 aliphatic carbocycles. The first-order valence-corrected chi connectivity index (χ1v) is 8.53. The summed E-state index contributed by atoms with van der Waals surface area (Å²) < 4.78 is 13.8. The van der Waals surface area contributed by atoms with Gasteiger partial charge in [0, 0.05) is 18.2 Å². The van der Waals surface area contributed by atoms with Crippen LogP contribution in [-0.2, 0) is 4.79 Å². The average Bonchev–Trinajstić information content (AvgIpc) is 3.04. The van der Waals surface area contributed by atoms with Gasteiger partial charge in [-0.1, -0.05) is 12.1 Å². The number of hydrogen-bond donors (Lipinski definition) is 1. The third kappa shape index (κ3) is 3.17. The van der Waals surface area contributed by atoms with E-state index < -0.39 is 11.9 Å². The molecule has 2 atom stereocenters. The van der Waals surface area contributed by atoms with E-state index in [1.807, 2.05) is 6.92 Å². The van der Waals surface area contributed by atoms with E-state index in [1.54, 1.807) is 23.1 Å². The number of thiazole rings is 1. The fourth-order valence-corrected chi connectivity index (χ4v) is 3.76. The molecule has 0 radical (unpaired) electrons. The predicted octanol–water partition coefficient (Wildman–Crippen LogP) is 3.27. The van der Waals surface area contributed by atoms with E-state index in [0.29, 0.717) is 28.3 Å². The van der Waals surface area contributed by atoms with Crippen molar-refractivity contribution in [3.05, 3.63) is 41.2 Å². The Morgan fingerprint density at radius 1 is 1.33 bits per heavy atom. The van der Waals surface area contributed by atoms with Crippen molar-refractivity contribution in [3.8, 4) is 10.6 Å². The zero-order valence-corrected chi connectivity index (χ0v) is 13.9. The number of rotatable bonds is 3. The van der Waals surface area contributed by atoms with Gasteiger partial charge in [-0.15, -0.1) is 11.3 Å². The summed E-state index contributed by atoms with van der Waals surface area (Å²) >= 11 is 1.12. The number of nitrogens with zero attached hydrogens (tertiary/aromatic N) is 2. The molecule has 1 fully saturated rings. The molecule has 1 aromatic carbocycles. The number of piperidine rings is 1. The Morgan fingerprint density at radius 2 is 2.08 bits per heavy atom. The first kappa shape index (κ1) is 16.6. The molecule has 1 aromatic heterocycles. The zero-order valence-electron chi connectivity index (χ0n) is 13.1. The highest BCUT2D eigenvalue weighted by Gasteiger charge is 2.33. The van der Waals surface area contributed by atoms with Gasteiger partial charge >= 0.3 is 5.97 Å². The van der Waals surface area contributed by atoms with Gasteiger partial charge in [-0.3, -0.25) is 9.59 Å². The van der Waals surface area contributed by atoms with Crippen LogP contribution in [-0.4, -0.2) is 39.5 Å². The van der Waals surface area contributed by atoms with Gasteiger partial charge in [0.15, 0.2) is 0 Å². The Balaban J connectivity index is 1.83. The highest BCUT2D eigenvalue weighted by molar-refractivity contribution is 7.16. The van der Waals surface area contributed by atoms with E-state index in [-0.39, 0.29) is 24.3 Å². The van der Waals surface area contributed by atoms with Crippen molar-refractivity contribution in [1.82, 2.24) is 9.88 Å². The van der Waals surface area contributed by atoms with Crippen molar-refractivity contribution in [2.24, 2.45) is 5.92 Å². The minimum Gasteiger partial charge on any atom is -0.481 e. The minimum absolute atomic E-state index is 0.0212. The van der Waals surface area contributed by atoms with Crippen LogP contribution < -0.4 is 0 Å². The Bertz CT molecular complexity index is 777. The highest BCUT2D eigenvalue weighted by atomic mass is 32.1. The minimum atomic E-state index is -0.879. The van der Waals surface area contributed by atoms with E-state index >= 15 is 0 Å². The Kier molecular flexibility index (Phi) is 4.62. The van der Waals surface area contributed by atoms with Crippen LogP contribution in [0, 0.1) is 11.7 Å². The number of halogens is 1. The van der Waals surface area contributed by atoms with Gasteiger partial charge in [0.25, 0.3) is 5.91 Å². The molecule has 1 N–H and O–H groups in total. The number of carbonyl (C=O) groups is 2. The molecule has 1 saturated heterocycles. The standard InChI is InChI=1S/C17H17FN2O3S/c1-10-6-7-11(17(22)23)9-20(10)16(21)14-8-19-15(24-14)12-4-2-3-5-13(12)18/h2-5,8,10-11H,6-7,9H2,1H3,(H,22,23). The predicted molar refractivity (Wildman–Crippen MR) is 88.4 cm³/mol. The fraction of sp³-hybridized carbons (Fsp3) is 0.353. The normalized spacial score (nSPS) is 20.8. The fourth-order valence-electron chi connectivity index (χ4n) is 2.87. The summed E-state index contributed by atoms with van der Waals surface area (Å²) in [6.45, 7) is 2.11. The van der Waals surface area contributed by atoms with Crippen molar-refractivity contribution in [2.75, 3.05) is 6.54 Å². The lowest BCUT2D eigenvalue weighted by Gasteiger charge is -2.36. The van der Waals surface area contributed by atoms with Gasteiger partial charge < -0.3 is 10.0 Å². The maximum Gasteiger partial charge on any atom is 0.308 e. The van der Waals surface area contributed by atoms with Gasteiger partial charge in [-0.2, -0.15) is 0 Å². The number of aliphatic carboxylic acids is 1. The van der Waals surface area contributed by atoms with Crippen LogP contribution in [0.3, 0.4) is 0 Å². The number of aromatic nitrogens is 1. The highest BCUT2D eigenvalue weighted by Crippen LogP contribution is 2.30. The SMILES string of the molecule is CC1CCC(C(=O)O)CN1C(=O)c1cnc(-c2ccccc2F)s1. The lowest BCUT2D eigenvalue weighted by molar-refractivity contribution is -0.143. The molecule has 0 spiro atoms. The van der Waals surface area contributed by atoms with Crippen LogP contribution in [0.1, 0.15) is 29.4 Å². The number of carboxylic acid groups (broad SMARTS) is 1. The van der Waals surface area contributed by atoms with E-state index in [9.17, 15) is 19.1 Å². The van der Waals surface area contributed by atoms with Crippen molar-refractivity contribution < 1.29 is 19.1 Å². The Labute approximate surface area is 142 Å². The Morgan fingerprint density at radius 3 is 2.79 bits per heavy atom.